The molecule has 2 aromatic heterocycles. The molecule has 20 heavy (non-hydrogen) atoms. The van der Waals surface area contributed by atoms with Crippen LogP contribution in [0.1, 0.15) is 50.3 Å². The molecule has 2 aliphatic rings. The average Bonchev–Trinajstić information content (AvgIpc) is 3.14. The number of fused-ring (bicyclic) bond motifs is 1. The molecule has 2 aromatic rings. The summed E-state index contributed by atoms with van der Waals surface area (Å²) in [5.41, 5.74) is 1.93. The summed E-state index contributed by atoms with van der Waals surface area (Å²) in [6, 6.07) is 4.86. The highest BCUT2D eigenvalue weighted by molar-refractivity contribution is 5.70. The summed E-state index contributed by atoms with van der Waals surface area (Å²) in [5, 5.41) is 0. The number of nitrogens with one attached hydrogen (secondary N) is 1. The maximum Gasteiger partial charge on any atom is 0.177 e. The molecule has 1 saturated heterocycles. The third-order valence-electron chi connectivity index (χ3n) is 4.97. The van der Waals surface area contributed by atoms with Crippen LogP contribution in [0.15, 0.2) is 18.3 Å². The Bertz CT molecular complexity index is 552. The summed E-state index contributed by atoms with van der Waals surface area (Å²) >= 11 is 0. The number of imidazole rings is 1. The number of pyridine rings is 1. The zero-order valence-electron chi connectivity index (χ0n) is 11.9. The number of hydrogen-bond acceptors (Lipinski definition) is 3. The van der Waals surface area contributed by atoms with Crippen LogP contribution in [0.25, 0.3) is 11.2 Å². The largest absolute Gasteiger partial charge is 0.340 e. The predicted molar refractivity (Wildman–Crippen MR) is 79.7 cm³/mol. The SMILES string of the molecule is c1cnc2nc(C3CCN(C4CCCCC4)C3)[nH]c2c1. The Balaban J connectivity index is 1.49. The fourth-order valence-electron chi connectivity index (χ4n) is 3.85. The van der Waals surface area contributed by atoms with Gasteiger partial charge in [0.25, 0.3) is 0 Å². The van der Waals surface area contributed by atoms with Crippen LogP contribution in [0.3, 0.4) is 0 Å². The Morgan fingerprint density at radius 2 is 2.05 bits per heavy atom. The minimum absolute atomic E-state index is 0.561. The first kappa shape index (κ1) is 12.3. The maximum absolute atomic E-state index is 4.68. The van der Waals surface area contributed by atoms with Crippen LogP contribution in [0.5, 0.6) is 0 Å². The van der Waals surface area contributed by atoms with Gasteiger partial charge in [-0.1, -0.05) is 19.3 Å². The van der Waals surface area contributed by atoms with Gasteiger partial charge in [0, 0.05) is 24.7 Å². The molecule has 0 aromatic carbocycles. The van der Waals surface area contributed by atoms with E-state index in [4.69, 9.17) is 0 Å². The van der Waals surface area contributed by atoms with Crippen molar-refractivity contribution in [3.05, 3.63) is 24.2 Å². The van der Waals surface area contributed by atoms with Gasteiger partial charge in [-0.3, -0.25) is 4.90 Å². The van der Waals surface area contributed by atoms with Gasteiger partial charge in [0.1, 0.15) is 5.82 Å². The molecule has 1 aliphatic carbocycles. The Labute approximate surface area is 119 Å². The fraction of sp³-hybridized carbons (Fsp3) is 0.625. The lowest BCUT2D eigenvalue weighted by Gasteiger charge is -2.30. The third kappa shape index (κ3) is 2.22. The van der Waals surface area contributed by atoms with E-state index >= 15 is 0 Å². The highest BCUT2D eigenvalue weighted by atomic mass is 15.2. The van der Waals surface area contributed by atoms with Crippen molar-refractivity contribution in [1.29, 1.82) is 0 Å². The van der Waals surface area contributed by atoms with Crippen molar-refractivity contribution in [3.63, 3.8) is 0 Å². The molecule has 3 heterocycles. The van der Waals surface area contributed by atoms with Gasteiger partial charge >= 0.3 is 0 Å². The Hall–Kier alpha value is -1.42. The first-order valence-corrected chi connectivity index (χ1v) is 7.95. The molecule has 4 rings (SSSR count). The van der Waals surface area contributed by atoms with Gasteiger partial charge in [-0.25, -0.2) is 9.97 Å². The molecule has 2 fully saturated rings. The molecule has 0 radical (unpaired) electrons. The highest BCUT2D eigenvalue weighted by Gasteiger charge is 2.31. The second-order valence-electron chi connectivity index (χ2n) is 6.27. The van der Waals surface area contributed by atoms with Crippen LogP contribution in [-0.4, -0.2) is 39.0 Å². The second-order valence-corrected chi connectivity index (χ2v) is 6.27. The van der Waals surface area contributed by atoms with Crippen LogP contribution >= 0.6 is 0 Å². The summed E-state index contributed by atoms with van der Waals surface area (Å²) in [6.07, 6.45) is 10.1. The molecule has 1 N–H and O–H groups in total. The lowest BCUT2D eigenvalue weighted by molar-refractivity contribution is 0.189. The molecular formula is C16H22N4. The second kappa shape index (κ2) is 5.17. The zero-order chi connectivity index (χ0) is 13.4. The van der Waals surface area contributed by atoms with E-state index in [9.17, 15) is 0 Å². The van der Waals surface area contributed by atoms with Crippen molar-refractivity contribution in [2.45, 2.75) is 50.5 Å². The third-order valence-corrected chi connectivity index (χ3v) is 4.97. The molecule has 4 heteroatoms. The zero-order valence-corrected chi connectivity index (χ0v) is 11.9. The van der Waals surface area contributed by atoms with Crippen LogP contribution in [0.4, 0.5) is 0 Å². The summed E-state index contributed by atoms with van der Waals surface area (Å²) in [5.74, 6) is 1.70. The lowest BCUT2D eigenvalue weighted by atomic mass is 9.94. The first-order chi connectivity index (χ1) is 9.90. The molecular weight excluding hydrogens is 248 g/mol. The van der Waals surface area contributed by atoms with Crippen molar-refractivity contribution in [1.82, 2.24) is 19.9 Å². The van der Waals surface area contributed by atoms with E-state index < -0.39 is 0 Å². The molecule has 1 unspecified atom stereocenters. The summed E-state index contributed by atoms with van der Waals surface area (Å²) in [6.45, 7) is 2.41. The van der Waals surface area contributed by atoms with E-state index in [1.54, 1.807) is 0 Å². The molecule has 106 valence electrons. The summed E-state index contributed by atoms with van der Waals surface area (Å²) in [7, 11) is 0. The number of H-pyrrole nitrogens is 1. The fourth-order valence-corrected chi connectivity index (χ4v) is 3.85. The van der Waals surface area contributed by atoms with Crippen molar-refractivity contribution < 1.29 is 0 Å². The van der Waals surface area contributed by atoms with Crippen molar-refractivity contribution in [3.8, 4) is 0 Å². The van der Waals surface area contributed by atoms with Crippen molar-refractivity contribution in [2.75, 3.05) is 13.1 Å². The van der Waals surface area contributed by atoms with Crippen molar-refractivity contribution in [2.24, 2.45) is 0 Å². The molecule has 0 spiro atoms. The van der Waals surface area contributed by atoms with Crippen LogP contribution < -0.4 is 0 Å². The summed E-state index contributed by atoms with van der Waals surface area (Å²) < 4.78 is 0. The van der Waals surface area contributed by atoms with E-state index in [0.29, 0.717) is 5.92 Å². The molecule has 0 bridgehead atoms. The van der Waals surface area contributed by atoms with E-state index in [1.165, 1.54) is 51.6 Å². The first-order valence-electron chi connectivity index (χ1n) is 7.95. The molecule has 1 aliphatic heterocycles. The normalized spacial score (nSPS) is 25.5. The Morgan fingerprint density at radius 1 is 1.15 bits per heavy atom. The monoisotopic (exact) mass is 270 g/mol. The smallest absolute Gasteiger partial charge is 0.177 e. The average molecular weight is 270 g/mol. The van der Waals surface area contributed by atoms with E-state index in [2.05, 4.69) is 25.9 Å². The maximum atomic E-state index is 4.68. The van der Waals surface area contributed by atoms with Gasteiger partial charge in [0.15, 0.2) is 5.65 Å². The van der Waals surface area contributed by atoms with Gasteiger partial charge in [-0.05, 0) is 37.9 Å². The van der Waals surface area contributed by atoms with Gasteiger partial charge in [0.2, 0.25) is 0 Å². The van der Waals surface area contributed by atoms with E-state index in [0.717, 1.165) is 23.0 Å². The minimum Gasteiger partial charge on any atom is -0.340 e. The van der Waals surface area contributed by atoms with Crippen LogP contribution in [0, 0.1) is 0 Å². The molecule has 1 saturated carbocycles. The number of aromatic amines is 1. The topological polar surface area (TPSA) is 44.8 Å². The lowest BCUT2D eigenvalue weighted by Crippen LogP contribution is -2.34. The molecule has 0 amide bonds. The van der Waals surface area contributed by atoms with Gasteiger partial charge in [-0.2, -0.15) is 0 Å². The van der Waals surface area contributed by atoms with E-state index in [-0.39, 0.29) is 0 Å². The minimum atomic E-state index is 0.561. The van der Waals surface area contributed by atoms with Crippen LogP contribution in [0.2, 0.25) is 0 Å². The number of likely N-dealkylation sites (tertiary alicyclic amines) is 1. The number of rotatable bonds is 2. The number of aromatic nitrogens is 3. The van der Waals surface area contributed by atoms with Gasteiger partial charge in [-0.15, -0.1) is 0 Å². The standard InChI is InChI=1S/C16H22N4/c1-2-5-13(6-3-1)20-10-8-12(11-20)15-18-14-7-4-9-17-16(14)19-15/h4,7,9,12-13H,1-3,5-6,8,10-11H2,(H,17,18,19). The van der Waals surface area contributed by atoms with Crippen molar-refractivity contribution >= 4 is 11.2 Å². The van der Waals surface area contributed by atoms with E-state index in [1.807, 2.05) is 12.3 Å². The van der Waals surface area contributed by atoms with Gasteiger partial charge < -0.3 is 4.98 Å². The number of hydrogen-bond donors (Lipinski definition) is 1. The van der Waals surface area contributed by atoms with Crippen LogP contribution in [-0.2, 0) is 0 Å². The summed E-state index contributed by atoms with van der Waals surface area (Å²) in [4.78, 5) is 15.2. The quantitative estimate of drug-likeness (QED) is 0.912. The van der Waals surface area contributed by atoms with Gasteiger partial charge in [0.05, 0.1) is 5.52 Å². The predicted octanol–water partition coefficient (Wildman–Crippen LogP) is 3.08. The Morgan fingerprint density at radius 3 is 2.90 bits per heavy atom. The molecule has 1 atom stereocenters. The Kier molecular flexibility index (Phi) is 3.19. The highest BCUT2D eigenvalue weighted by Crippen LogP contribution is 2.31. The molecule has 4 nitrogen and oxygen atoms in total. The number of nitrogens with zero attached hydrogens (tertiary/aromatic N) is 3.